The van der Waals surface area contributed by atoms with Crippen LogP contribution >= 0.6 is 0 Å². The quantitative estimate of drug-likeness (QED) is 0.435. The second-order valence-corrected chi connectivity index (χ2v) is 10.7. The summed E-state index contributed by atoms with van der Waals surface area (Å²) in [5.74, 6) is -2.55. The Balaban J connectivity index is 1.72. The van der Waals surface area contributed by atoms with Gasteiger partial charge in [-0.25, -0.2) is 9.59 Å². The van der Waals surface area contributed by atoms with Crippen molar-refractivity contribution in [1.29, 1.82) is 0 Å². The fourth-order valence-corrected chi connectivity index (χ4v) is 8.23. The van der Waals surface area contributed by atoms with Gasteiger partial charge in [0.2, 0.25) is 11.9 Å². The minimum atomic E-state index is -1.98. The van der Waals surface area contributed by atoms with Gasteiger partial charge < -0.3 is 34.3 Å². The molecule has 6 fully saturated rings. The Morgan fingerprint density at radius 1 is 1.14 bits per heavy atom. The number of esters is 2. The molecule has 160 valence electrons. The summed E-state index contributed by atoms with van der Waals surface area (Å²) >= 11 is 0. The highest BCUT2D eigenvalue weighted by Crippen LogP contribution is 2.84. The van der Waals surface area contributed by atoms with Gasteiger partial charge in [-0.1, -0.05) is 27.7 Å². The Morgan fingerprint density at radius 2 is 1.83 bits per heavy atom. The van der Waals surface area contributed by atoms with Crippen molar-refractivity contribution in [3.63, 3.8) is 0 Å². The molecule has 4 saturated heterocycles. The number of fused-ring (bicyclic) bond motifs is 1. The zero-order valence-electron chi connectivity index (χ0n) is 16.7. The van der Waals surface area contributed by atoms with Gasteiger partial charge in [0.15, 0.2) is 6.10 Å². The second kappa shape index (κ2) is 4.65. The van der Waals surface area contributed by atoms with Crippen LogP contribution in [0.4, 0.5) is 0 Å². The van der Waals surface area contributed by atoms with E-state index in [1.54, 1.807) is 6.92 Å². The van der Waals surface area contributed by atoms with Crippen molar-refractivity contribution >= 4 is 11.9 Å². The molecule has 2 aliphatic carbocycles. The summed E-state index contributed by atoms with van der Waals surface area (Å²) in [6, 6.07) is 0. The van der Waals surface area contributed by atoms with Crippen LogP contribution in [0.25, 0.3) is 0 Å². The van der Waals surface area contributed by atoms with Crippen molar-refractivity contribution in [2.45, 2.75) is 76.0 Å². The van der Waals surface area contributed by atoms with E-state index in [2.05, 4.69) is 0 Å². The molecule has 29 heavy (non-hydrogen) atoms. The van der Waals surface area contributed by atoms with Crippen molar-refractivity contribution in [3.8, 4) is 0 Å². The number of ether oxygens (including phenoxy) is 4. The summed E-state index contributed by atoms with van der Waals surface area (Å²) in [5.41, 5.74) is -7.28. The maximum atomic E-state index is 13.4. The average Bonchev–Trinajstić information content (AvgIpc) is 3.34. The summed E-state index contributed by atoms with van der Waals surface area (Å²) in [6.07, 6.45) is -5.87. The minimum Gasteiger partial charge on any atom is -0.459 e. The van der Waals surface area contributed by atoms with Gasteiger partial charge in [0.1, 0.15) is 17.8 Å². The van der Waals surface area contributed by atoms with Crippen LogP contribution in [0.5, 0.6) is 0 Å². The van der Waals surface area contributed by atoms with Gasteiger partial charge in [0.25, 0.3) is 0 Å². The SMILES string of the molecule is C[C@@H]1COC2[C@H](O)C34C5C[C@@H](C(C)(C)C)C36C(OC(=O)[C@@H]6O)O[C@@]4(C(=O)O5)[C@]21O. The van der Waals surface area contributed by atoms with Crippen LogP contribution in [0, 0.1) is 28.1 Å². The predicted octanol–water partition coefficient (Wildman–Crippen LogP) is -0.896. The number of carbonyl (C=O) groups excluding carboxylic acids is 2. The maximum absolute atomic E-state index is 13.4. The Morgan fingerprint density at radius 3 is 2.48 bits per heavy atom. The lowest BCUT2D eigenvalue weighted by Gasteiger charge is -2.47. The molecular weight excluding hydrogens is 384 g/mol. The smallest absolute Gasteiger partial charge is 0.342 e. The molecule has 6 rings (SSSR count). The van der Waals surface area contributed by atoms with Crippen LogP contribution in [-0.4, -0.2) is 75.8 Å². The Hall–Kier alpha value is -1.26. The zero-order chi connectivity index (χ0) is 20.9. The molecule has 0 bridgehead atoms. The van der Waals surface area contributed by atoms with Gasteiger partial charge in [0, 0.05) is 5.92 Å². The predicted molar refractivity (Wildman–Crippen MR) is 91.9 cm³/mol. The van der Waals surface area contributed by atoms with Gasteiger partial charge in [0.05, 0.1) is 23.5 Å². The first-order valence-corrected chi connectivity index (χ1v) is 10.2. The molecule has 11 atom stereocenters. The molecule has 0 radical (unpaired) electrons. The Bertz CT molecular complexity index is 851. The number of carbonyl (C=O) groups is 2. The van der Waals surface area contributed by atoms with E-state index >= 15 is 0 Å². The summed E-state index contributed by atoms with van der Waals surface area (Å²) in [4.78, 5) is 25.9. The average molecular weight is 410 g/mol. The molecular formula is C20H26O9. The molecule has 3 N–H and O–H groups in total. The van der Waals surface area contributed by atoms with Gasteiger partial charge in [-0.15, -0.1) is 0 Å². The molecule has 6 aliphatic rings. The maximum Gasteiger partial charge on any atom is 0.342 e. The number of hydrogen-bond acceptors (Lipinski definition) is 9. The van der Waals surface area contributed by atoms with E-state index in [4.69, 9.17) is 18.9 Å². The monoisotopic (exact) mass is 410 g/mol. The fourth-order valence-electron chi connectivity index (χ4n) is 8.23. The first-order chi connectivity index (χ1) is 13.4. The van der Waals surface area contributed by atoms with Crippen LogP contribution in [-0.2, 0) is 28.5 Å². The number of aliphatic hydroxyl groups excluding tert-OH is 2. The summed E-state index contributed by atoms with van der Waals surface area (Å²) in [5, 5.41) is 34.8. The summed E-state index contributed by atoms with van der Waals surface area (Å²) < 4.78 is 23.2. The second-order valence-electron chi connectivity index (χ2n) is 10.7. The van der Waals surface area contributed by atoms with Crippen molar-refractivity contribution in [1.82, 2.24) is 0 Å². The summed E-state index contributed by atoms with van der Waals surface area (Å²) in [6.45, 7) is 7.77. The third-order valence-corrected chi connectivity index (χ3v) is 9.02. The van der Waals surface area contributed by atoms with E-state index < -0.39 is 76.0 Å². The van der Waals surface area contributed by atoms with Crippen LogP contribution in [0.2, 0.25) is 0 Å². The standard InChI is InChI=1S/C20H26O9/c1-7-6-26-12-10(21)18-9-5-8(16(2,3)4)17(18)11(22)13(23)28-15(17)29-20(18,14(24)27-9)19(7,12)25/h7-12,15,21-22,25H,5-6H2,1-4H3/t7-,8+,9?,10+,11+,12?,15?,17?,18?,19-,20-/m1/s1. The van der Waals surface area contributed by atoms with Crippen molar-refractivity contribution in [2.24, 2.45) is 28.1 Å². The largest absolute Gasteiger partial charge is 0.459 e. The van der Waals surface area contributed by atoms with Crippen LogP contribution in [0.3, 0.4) is 0 Å². The number of hydrogen-bond donors (Lipinski definition) is 3. The first-order valence-electron chi connectivity index (χ1n) is 10.2. The van der Waals surface area contributed by atoms with Crippen molar-refractivity contribution in [2.75, 3.05) is 6.61 Å². The first kappa shape index (κ1) is 18.5. The lowest BCUT2D eigenvalue weighted by Crippen LogP contribution is -2.67. The van der Waals surface area contributed by atoms with Crippen LogP contribution in [0.15, 0.2) is 0 Å². The summed E-state index contributed by atoms with van der Waals surface area (Å²) in [7, 11) is 0. The van der Waals surface area contributed by atoms with Crippen molar-refractivity contribution < 1.29 is 43.9 Å². The van der Waals surface area contributed by atoms with E-state index in [1.807, 2.05) is 20.8 Å². The van der Waals surface area contributed by atoms with Crippen LogP contribution in [0.1, 0.15) is 34.1 Å². The highest BCUT2D eigenvalue weighted by Gasteiger charge is 3.03. The molecule has 0 amide bonds. The molecule has 9 nitrogen and oxygen atoms in total. The van der Waals surface area contributed by atoms with Crippen molar-refractivity contribution in [3.05, 3.63) is 0 Å². The third kappa shape index (κ3) is 1.36. The topological polar surface area (TPSA) is 132 Å². The number of aliphatic hydroxyl groups is 3. The fraction of sp³-hybridized carbons (Fsp3) is 0.900. The molecule has 5 unspecified atom stereocenters. The van der Waals surface area contributed by atoms with Crippen LogP contribution < -0.4 is 0 Å². The van der Waals surface area contributed by atoms with Gasteiger partial charge in [-0.3, -0.25) is 0 Å². The van der Waals surface area contributed by atoms with E-state index in [1.165, 1.54) is 0 Å². The number of rotatable bonds is 0. The molecule has 4 aliphatic heterocycles. The third-order valence-electron chi connectivity index (χ3n) is 9.02. The van der Waals surface area contributed by atoms with Gasteiger partial charge >= 0.3 is 11.9 Å². The molecule has 2 saturated carbocycles. The van der Waals surface area contributed by atoms with E-state index in [0.717, 1.165) is 0 Å². The lowest BCUT2D eigenvalue weighted by molar-refractivity contribution is -0.239. The van der Waals surface area contributed by atoms with E-state index in [-0.39, 0.29) is 12.5 Å². The molecule has 0 aromatic heterocycles. The van der Waals surface area contributed by atoms with Gasteiger partial charge in [-0.05, 0) is 17.8 Å². The highest BCUT2D eigenvalue weighted by atomic mass is 16.8. The molecule has 0 aromatic rings. The van der Waals surface area contributed by atoms with E-state index in [9.17, 15) is 24.9 Å². The highest BCUT2D eigenvalue weighted by molar-refractivity contribution is 5.91. The normalized spacial score (nSPS) is 62.0. The Labute approximate surface area is 167 Å². The minimum absolute atomic E-state index is 0.139. The molecule has 4 heterocycles. The Kier molecular flexibility index (Phi) is 2.97. The molecule has 0 aromatic carbocycles. The lowest BCUT2D eigenvalue weighted by atomic mass is 9.51. The molecule has 9 heteroatoms. The van der Waals surface area contributed by atoms with Gasteiger partial charge in [-0.2, -0.15) is 0 Å². The van der Waals surface area contributed by atoms with E-state index in [0.29, 0.717) is 6.42 Å². The molecule has 2 spiro atoms. The zero-order valence-corrected chi connectivity index (χ0v) is 16.7.